The molecule has 0 amide bonds. The number of carbonyl (C=O) groups is 2. The number of ether oxygens (including phenoxy) is 1. The van der Waals surface area contributed by atoms with E-state index in [9.17, 15) is 18.4 Å². The van der Waals surface area contributed by atoms with E-state index in [1.54, 1.807) is 6.92 Å². The van der Waals surface area contributed by atoms with Gasteiger partial charge in [0.05, 0.1) is 12.2 Å². The quantitative estimate of drug-likeness (QED) is 0.727. The third kappa shape index (κ3) is 2.42. The van der Waals surface area contributed by atoms with Gasteiger partial charge in [0.25, 0.3) is 6.43 Å². The van der Waals surface area contributed by atoms with Crippen molar-refractivity contribution in [2.45, 2.75) is 13.3 Å². The molecule has 0 spiro atoms. The van der Waals surface area contributed by atoms with Crippen molar-refractivity contribution in [1.29, 1.82) is 0 Å². The van der Waals surface area contributed by atoms with Crippen molar-refractivity contribution in [3.63, 3.8) is 0 Å². The van der Waals surface area contributed by atoms with Crippen LogP contribution in [-0.2, 0) is 0 Å². The van der Waals surface area contributed by atoms with Crippen LogP contribution in [0.5, 0.6) is 5.75 Å². The molecule has 0 unspecified atom stereocenters. The highest BCUT2D eigenvalue weighted by molar-refractivity contribution is 5.93. The molecule has 86 valence electrons. The maximum absolute atomic E-state index is 12.5. The Kier molecular flexibility index (Phi) is 4.10. The maximum atomic E-state index is 12.5. The molecule has 0 fully saturated rings. The van der Waals surface area contributed by atoms with Crippen LogP contribution in [0.15, 0.2) is 12.1 Å². The highest BCUT2D eigenvalue weighted by atomic mass is 19.3. The molecule has 0 aromatic heterocycles. The highest BCUT2D eigenvalue weighted by Crippen LogP contribution is 2.28. The molecule has 0 saturated heterocycles. The van der Waals surface area contributed by atoms with Crippen molar-refractivity contribution in [2.75, 3.05) is 6.61 Å². The van der Waals surface area contributed by atoms with Gasteiger partial charge in [0.2, 0.25) is 0 Å². The van der Waals surface area contributed by atoms with Gasteiger partial charge >= 0.3 is 0 Å². The van der Waals surface area contributed by atoms with Crippen LogP contribution in [0.25, 0.3) is 0 Å². The Morgan fingerprint density at radius 2 is 2.00 bits per heavy atom. The number of carbonyl (C=O) groups excluding carboxylic acids is 2. The van der Waals surface area contributed by atoms with Gasteiger partial charge in [-0.25, -0.2) is 8.78 Å². The van der Waals surface area contributed by atoms with E-state index in [2.05, 4.69) is 0 Å². The maximum Gasteiger partial charge on any atom is 0.264 e. The van der Waals surface area contributed by atoms with Crippen LogP contribution in [0.4, 0.5) is 8.78 Å². The zero-order valence-electron chi connectivity index (χ0n) is 8.57. The predicted molar refractivity (Wildman–Crippen MR) is 53.3 cm³/mol. The molecule has 0 aliphatic carbocycles. The first-order valence-electron chi connectivity index (χ1n) is 4.63. The lowest BCUT2D eigenvalue weighted by molar-refractivity contribution is 0.109. The van der Waals surface area contributed by atoms with E-state index in [0.29, 0.717) is 12.6 Å². The molecule has 0 bridgehead atoms. The van der Waals surface area contributed by atoms with E-state index in [1.807, 2.05) is 0 Å². The molecule has 0 aliphatic heterocycles. The summed E-state index contributed by atoms with van der Waals surface area (Å²) in [4.78, 5) is 21.4. The Hall–Kier alpha value is -1.78. The Bertz CT molecular complexity index is 402. The van der Waals surface area contributed by atoms with Gasteiger partial charge in [-0.1, -0.05) is 0 Å². The Balaban J connectivity index is 3.36. The molecular weight excluding hydrogens is 218 g/mol. The second kappa shape index (κ2) is 5.34. The number of alkyl halides is 2. The summed E-state index contributed by atoms with van der Waals surface area (Å²) in [5.41, 5.74) is -0.423. The summed E-state index contributed by atoms with van der Waals surface area (Å²) < 4.78 is 30.0. The highest BCUT2D eigenvalue weighted by Gasteiger charge is 2.15. The summed E-state index contributed by atoms with van der Waals surface area (Å²) in [6, 6.07) is 2.06. The number of halogens is 2. The summed E-state index contributed by atoms with van der Waals surface area (Å²) in [6.07, 6.45) is -1.93. The first kappa shape index (κ1) is 12.3. The van der Waals surface area contributed by atoms with Crippen LogP contribution in [0.1, 0.15) is 39.6 Å². The van der Waals surface area contributed by atoms with Crippen molar-refractivity contribution < 1.29 is 23.1 Å². The molecule has 16 heavy (non-hydrogen) atoms. The summed E-state index contributed by atoms with van der Waals surface area (Å²) in [6.45, 7) is 1.88. The van der Waals surface area contributed by atoms with E-state index in [0.717, 1.165) is 12.1 Å². The second-order valence-corrected chi connectivity index (χ2v) is 2.99. The van der Waals surface area contributed by atoms with Gasteiger partial charge < -0.3 is 4.74 Å². The fourth-order valence-corrected chi connectivity index (χ4v) is 1.29. The largest absolute Gasteiger partial charge is 0.493 e. The van der Waals surface area contributed by atoms with Gasteiger partial charge in [-0.05, 0) is 19.1 Å². The minimum Gasteiger partial charge on any atom is -0.493 e. The normalized spacial score (nSPS) is 10.2. The van der Waals surface area contributed by atoms with Gasteiger partial charge in [-0.3, -0.25) is 9.59 Å². The minimum absolute atomic E-state index is 0.00116. The molecule has 1 aromatic rings. The first-order valence-corrected chi connectivity index (χ1v) is 4.63. The minimum atomic E-state index is -2.71. The van der Waals surface area contributed by atoms with Crippen molar-refractivity contribution in [3.8, 4) is 5.75 Å². The van der Waals surface area contributed by atoms with Crippen LogP contribution in [-0.4, -0.2) is 19.2 Å². The van der Waals surface area contributed by atoms with Crippen LogP contribution in [0.2, 0.25) is 0 Å². The summed E-state index contributed by atoms with van der Waals surface area (Å²) in [7, 11) is 0. The molecule has 0 heterocycles. The summed E-state index contributed by atoms with van der Waals surface area (Å²) >= 11 is 0. The lowest BCUT2D eigenvalue weighted by atomic mass is 10.0. The number of hydrogen-bond donors (Lipinski definition) is 0. The number of aldehydes is 2. The van der Waals surface area contributed by atoms with Crippen molar-refractivity contribution in [2.24, 2.45) is 0 Å². The molecule has 0 N–H and O–H groups in total. The molecular formula is C11H10F2O3. The van der Waals surface area contributed by atoms with E-state index in [4.69, 9.17) is 4.74 Å². The molecule has 3 nitrogen and oxygen atoms in total. The summed E-state index contributed by atoms with van der Waals surface area (Å²) in [5, 5.41) is 0. The van der Waals surface area contributed by atoms with E-state index >= 15 is 0 Å². The first-order chi connectivity index (χ1) is 7.63. The van der Waals surface area contributed by atoms with Crippen LogP contribution in [0, 0.1) is 0 Å². The standard InChI is InChI=1S/C11H10F2O3/c1-2-16-10-4-7(11(12)13)3-8(5-14)9(10)6-15/h3-6,11H,2H2,1H3. The van der Waals surface area contributed by atoms with Crippen molar-refractivity contribution >= 4 is 12.6 Å². The van der Waals surface area contributed by atoms with Gasteiger partial charge in [-0.15, -0.1) is 0 Å². The smallest absolute Gasteiger partial charge is 0.264 e. The second-order valence-electron chi connectivity index (χ2n) is 2.99. The third-order valence-corrected chi connectivity index (χ3v) is 1.99. The molecule has 1 rings (SSSR count). The van der Waals surface area contributed by atoms with E-state index < -0.39 is 6.43 Å². The van der Waals surface area contributed by atoms with Gasteiger partial charge in [0, 0.05) is 11.1 Å². The zero-order valence-corrected chi connectivity index (χ0v) is 8.57. The Morgan fingerprint density at radius 3 is 2.44 bits per heavy atom. The zero-order chi connectivity index (χ0) is 12.1. The van der Waals surface area contributed by atoms with Crippen LogP contribution < -0.4 is 4.74 Å². The molecule has 5 heteroatoms. The lowest BCUT2D eigenvalue weighted by Crippen LogP contribution is -2.02. The lowest BCUT2D eigenvalue weighted by Gasteiger charge is -2.10. The van der Waals surface area contributed by atoms with Crippen LogP contribution >= 0.6 is 0 Å². The Labute approximate surface area is 91.0 Å². The summed E-state index contributed by atoms with van der Waals surface area (Å²) in [5.74, 6) is 0.0115. The molecule has 0 aliphatic rings. The van der Waals surface area contributed by atoms with E-state index in [-0.39, 0.29) is 29.0 Å². The number of hydrogen-bond acceptors (Lipinski definition) is 3. The Morgan fingerprint density at radius 1 is 1.31 bits per heavy atom. The molecule has 1 aromatic carbocycles. The van der Waals surface area contributed by atoms with Gasteiger partial charge in [0.15, 0.2) is 12.6 Å². The fraction of sp³-hybridized carbons (Fsp3) is 0.273. The van der Waals surface area contributed by atoms with Crippen LogP contribution in [0.3, 0.4) is 0 Å². The average Bonchev–Trinajstić information content (AvgIpc) is 2.28. The number of rotatable bonds is 5. The monoisotopic (exact) mass is 228 g/mol. The number of benzene rings is 1. The fourth-order valence-electron chi connectivity index (χ4n) is 1.29. The molecule has 0 radical (unpaired) electrons. The van der Waals surface area contributed by atoms with Gasteiger partial charge in [0.1, 0.15) is 5.75 Å². The van der Waals surface area contributed by atoms with E-state index in [1.165, 1.54) is 0 Å². The predicted octanol–water partition coefficient (Wildman–Crippen LogP) is 2.65. The van der Waals surface area contributed by atoms with Crippen molar-refractivity contribution in [3.05, 3.63) is 28.8 Å². The topological polar surface area (TPSA) is 43.4 Å². The average molecular weight is 228 g/mol. The van der Waals surface area contributed by atoms with Gasteiger partial charge in [-0.2, -0.15) is 0 Å². The molecule has 0 atom stereocenters. The van der Waals surface area contributed by atoms with Crippen molar-refractivity contribution in [1.82, 2.24) is 0 Å². The SMILES string of the molecule is CCOc1cc(C(F)F)cc(C=O)c1C=O. The third-order valence-electron chi connectivity index (χ3n) is 1.99. The molecule has 0 saturated carbocycles.